The molecule has 0 aromatic carbocycles. The third-order valence-electron chi connectivity index (χ3n) is 4.54. The van der Waals surface area contributed by atoms with E-state index in [1.165, 1.54) is 62.6 Å². The second-order valence-electron chi connectivity index (χ2n) is 6.11. The van der Waals surface area contributed by atoms with Gasteiger partial charge in [0.1, 0.15) is 5.82 Å². The predicted molar refractivity (Wildman–Crippen MR) is 75.9 cm³/mol. The molecule has 0 radical (unpaired) electrons. The van der Waals surface area contributed by atoms with E-state index in [4.69, 9.17) is 4.98 Å². The van der Waals surface area contributed by atoms with E-state index in [0.717, 1.165) is 11.7 Å². The summed E-state index contributed by atoms with van der Waals surface area (Å²) in [7, 11) is 0. The Kier molecular flexibility index (Phi) is 3.53. The SMILES string of the molecule is CC1CCCC(Nc2ccc3c(n2)CCC3)CC1. The number of anilines is 1. The van der Waals surface area contributed by atoms with Crippen molar-refractivity contribution >= 4 is 5.82 Å². The molecule has 1 N–H and O–H groups in total. The number of rotatable bonds is 2. The van der Waals surface area contributed by atoms with E-state index in [2.05, 4.69) is 24.4 Å². The molecule has 0 amide bonds. The highest BCUT2D eigenvalue weighted by Gasteiger charge is 2.17. The van der Waals surface area contributed by atoms with Crippen LogP contribution in [-0.2, 0) is 12.8 Å². The summed E-state index contributed by atoms with van der Waals surface area (Å²) in [6, 6.07) is 5.09. The van der Waals surface area contributed by atoms with Crippen molar-refractivity contribution in [2.45, 2.75) is 64.3 Å². The van der Waals surface area contributed by atoms with Crippen LogP contribution in [0.3, 0.4) is 0 Å². The van der Waals surface area contributed by atoms with Gasteiger partial charge in [-0.15, -0.1) is 0 Å². The van der Waals surface area contributed by atoms with Gasteiger partial charge in [-0.2, -0.15) is 0 Å². The minimum atomic E-state index is 0.641. The van der Waals surface area contributed by atoms with Gasteiger partial charge in [-0.25, -0.2) is 4.98 Å². The number of aryl methyl sites for hydroxylation is 2. The second-order valence-corrected chi connectivity index (χ2v) is 6.11. The van der Waals surface area contributed by atoms with Crippen LogP contribution < -0.4 is 5.32 Å². The number of nitrogens with zero attached hydrogens (tertiary/aromatic N) is 1. The highest BCUT2D eigenvalue weighted by molar-refractivity contribution is 5.41. The van der Waals surface area contributed by atoms with Crippen molar-refractivity contribution in [1.29, 1.82) is 0 Å². The lowest BCUT2D eigenvalue weighted by Gasteiger charge is -2.17. The van der Waals surface area contributed by atoms with E-state index in [1.807, 2.05) is 0 Å². The van der Waals surface area contributed by atoms with Crippen LogP contribution in [0.2, 0.25) is 0 Å². The second kappa shape index (κ2) is 5.29. The molecule has 2 nitrogen and oxygen atoms in total. The molecule has 0 aliphatic heterocycles. The molecule has 0 spiro atoms. The molecule has 2 aliphatic rings. The molecule has 0 bridgehead atoms. The number of pyridine rings is 1. The first-order valence-electron chi connectivity index (χ1n) is 7.56. The maximum Gasteiger partial charge on any atom is 0.126 e. The van der Waals surface area contributed by atoms with Crippen molar-refractivity contribution in [2.75, 3.05) is 5.32 Å². The van der Waals surface area contributed by atoms with Gasteiger partial charge in [0.25, 0.3) is 0 Å². The molecule has 18 heavy (non-hydrogen) atoms. The molecule has 0 saturated heterocycles. The predicted octanol–water partition coefficient (Wildman–Crippen LogP) is 3.95. The summed E-state index contributed by atoms with van der Waals surface area (Å²) in [6.07, 6.45) is 10.4. The molecule has 2 unspecified atom stereocenters. The molecule has 1 saturated carbocycles. The lowest BCUT2D eigenvalue weighted by Crippen LogP contribution is -2.19. The normalized spacial score (nSPS) is 27.6. The molecule has 2 atom stereocenters. The fraction of sp³-hybridized carbons (Fsp3) is 0.688. The van der Waals surface area contributed by atoms with Crippen molar-refractivity contribution in [3.05, 3.63) is 23.4 Å². The molecule has 1 fully saturated rings. The molecule has 3 rings (SSSR count). The third-order valence-corrected chi connectivity index (χ3v) is 4.54. The highest BCUT2D eigenvalue weighted by atomic mass is 15.0. The van der Waals surface area contributed by atoms with Crippen LogP contribution in [0.25, 0.3) is 0 Å². The molecule has 98 valence electrons. The maximum absolute atomic E-state index is 4.79. The molecule has 2 aliphatic carbocycles. The molecular formula is C16H24N2. The first-order valence-corrected chi connectivity index (χ1v) is 7.56. The average Bonchev–Trinajstić information content (AvgIpc) is 2.74. The Hall–Kier alpha value is -1.05. The zero-order chi connectivity index (χ0) is 12.4. The summed E-state index contributed by atoms with van der Waals surface area (Å²) in [5.41, 5.74) is 2.80. The number of aromatic nitrogens is 1. The molecule has 2 heteroatoms. The van der Waals surface area contributed by atoms with Crippen molar-refractivity contribution in [3.8, 4) is 0 Å². The summed E-state index contributed by atoms with van der Waals surface area (Å²) in [5, 5.41) is 3.66. The molecular weight excluding hydrogens is 220 g/mol. The Balaban J connectivity index is 1.65. The van der Waals surface area contributed by atoms with Gasteiger partial charge in [0.05, 0.1) is 0 Å². The molecule has 1 heterocycles. The summed E-state index contributed by atoms with van der Waals surface area (Å²) >= 11 is 0. The fourth-order valence-corrected chi connectivity index (χ4v) is 3.34. The number of nitrogens with one attached hydrogen (secondary N) is 1. The van der Waals surface area contributed by atoms with Crippen LogP contribution in [0, 0.1) is 5.92 Å². The van der Waals surface area contributed by atoms with E-state index in [1.54, 1.807) is 0 Å². The van der Waals surface area contributed by atoms with Crippen LogP contribution in [0.4, 0.5) is 5.82 Å². The van der Waals surface area contributed by atoms with Gasteiger partial charge >= 0.3 is 0 Å². The van der Waals surface area contributed by atoms with Crippen molar-refractivity contribution in [3.63, 3.8) is 0 Å². The standard InChI is InChI=1S/C16H24N2/c1-12-4-2-6-14(10-8-12)17-16-11-9-13-5-3-7-15(13)18-16/h9,11-12,14H,2-8,10H2,1H3,(H,17,18). The van der Waals surface area contributed by atoms with Crippen LogP contribution in [-0.4, -0.2) is 11.0 Å². The fourth-order valence-electron chi connectivity index (χ4n) is 3.34. The van der Waals surface area contributed by atoms with Crippen molar-refractivity contribution in [1.82, 2.24) is 4.98 Å². The first-order chi connectivity index (χ1) is 8.81. The maximum atomic E-state index is 4.79. The van der Waals surface area contributed by atoms with E-state index in [9.17, 15) is 0 Å². The first kappa shape index (κ1) is 12.0. The van der Waals surface area contributed by atoms with E-state index in [0.29, 0.717) is 6.04 Å². The number of hydrogen-bond donors (Lipinski definition) is 1. The Morgan fingerprint density at radius 1 is 1.06 bits per heavy atom. The Labute approximate surface area is 110 Å². The summed E-state index contributed by atoms with van der Waals surface area (Å²) < 4.78 is 0. The van der Waals surface area contributed by atoms with Crippen LogP contribution >= 0.6 is 0 Å². The quantitative estimate of drug-likeness (QED) is 0.797. The minimum Gasteiger partial charge on any atom is -0.367 e. The Bertz CT molecular complexity index is 414. The van der Waals surface area contributed by atoms with Gasteiger partial charge in [0.15, 0.2) is 0 Å². The van der Waals surface area contributed by atoms with Gasteiger partial charge in [-0.05, 0) is 56.1 Å². The summed E-state index contributed by atoms with van der Waals surface area (Å²) in [4.78, 5) is 4.79. The van der Waals surface area contributed by atoms with Gasteiger partial charge in [0, 0.05) is 11.7 Å². The van der Waals surface area contributed by atoms with Gasteiger partial charge in [-0.1, -0.05) is 25.8 Å². The lowest BCUT2D eigenvalue weighted by molar-refractivity contribution is 0.502. The monoisotopic (exact) mass is 244 g/mol. The van der Waals surface area contributed by atoms with Crippen molar-refractivity contribution < 1.29 is 0 Å². The van der Waals surface area contributed by atoms with Gasteiger partial charge < -0.3 is 5.32 Å². The van der Waals surface area contributed by atoms with Crippen molar-refractivity contribution in [2.24, 2.45) is 5.92 Å². The Morgan fingerprint density at radius 3 is 2.94 bits per heavy atom. The summed E-state index contributed by atoms with van der Waals surface area (Å²) in [5.74, 6) is 2.01. The van der Waals surface area contributed by atoms with Crippen LogP contribution in [0.5, 0.6) is 0 Å². The largest absolute Gasteiger partial charge is 0.367 e. The zero-order valence-electron chi connectivity index (χ0n) is 11.4. The molecule has 1 aromatic rings. The lowest BCUT2D eigenvalue weighted by atomic mass is 10.0. The average molecular weight is 244 g/mol. The van der Waals surface area contributed by atoms with Gasteiger partial charge in [0.2, 0.25) is 0 Å². The summed E-state index contributed by atoms with van der Waals surface area (Å²) in [6.45, 7) is 2.38. The zero-order valence-corrected chi connectivity index (χ0v) is 11.4. The number of hydrogen-bond acceptors (Lipinski definition) is 2. The minimum absolute atomic E-state index is 0.641. The topological polar surface area (TPSA) is 24.9 Å². The third kappa shape index (κ3) is 2.68. The van der Waals surface area contributed by atoms with E-state index >= 15 is 0 Å². The molecule has 1 aromatic heterocycles. The van der Waals surface area contributed by atoms with E-state index in [-0.39, 0.29) is 0 Å². The van der Waals surface area contributed by atoms with Crippen LogP contribution in [0.1, 0.15) is 56.7 Å². The van der Waals surface area contributed by atoms with Crippen LogP contribution in [0.15, 0.2) is 12.1 Å². The highest BCUT2D eigenvalue weighted by Crippen LogP contribution is 2.26. The number of fused-ring (bicyclic) bond motifs is 1. The van der Waals surface area contributed by atoms with E-state index < -0.39 is 0 Å². The Morgan fingerprint density at radius 2 is 2.00 bits per heavy atom. The smallest absolute Gasteiger partial charge is 0.126 e. The van der Waals surface area contributed by atoms with Gasteiger partial charge in [-0.3, -0.25) is 0 Å².